The number of esters is 1. The quantitative estimate of drug-likeness (QED) is 0.671. The Morgan fingerprint density at radius 3 is 2.61 bits per heavy atom. The maximum absolute atomic E-state index is 11.0. The molecule has 0 amide bonds. The smallest absolute Gasteiger partial charge is 0.325 e. The molecule has 18 heavy (non-hydrogen) atoms. The molecule has 0 aliphatic carbocycles. The van der Waals surface area contributed by atoms with E-state index in [1.807, 2.05) is 6.92 Å². The second kappa shape index (κ2) is 7.25. The number of ether oxygens (including phenoxy) is 2. The van der Waals surface area contributed by atoms with Crippen LogP contribution in [0.25, 0.3) is 0 Å². The van der Waals surface area contributed by atoms with Crippen molar-refractivity contribution in [2.45, 2.75) is 13.3 Å². The van der Waals surface area contributed by atoms with Gasteiger partial charge in [-0.1, -0.05) is 6.92 Å². The average molecular weight is 255 g/mol. The topological polar surface area (TPSA) is 98.3 Å². The van der Waals surface area contributed by atoms with Crippen LogP contribution in [0.4, 0.5) is 11.9 Å². The van der Waals surface area contributed by atoms with Crippen molar-refractivity contribution >= 4 is 17.9 Å². The fraction of sp³-hybridized carbons (Fsp3) is 0.600. The van der Waals surface area contributed by atoms with Crippen LogP contribution in [-0.2, 0) is 9.53 Å². The Hall–Kier alpha value is -2.12. The molecule has 0 aliphatic rings. The number of nitrogens with zero attached hydrogens (tertiary/aromatic N) is 3. The molecule has 0 spiro atoms. The van der Waals surface area contributed by atoms with Crippen molar-refractivity contribution in [3.05, 3.63) is 0 Å². The molecule has 0 fully saturated rings. The number of rotatable bonds is 7. The first-order valence-electron chi connectivity index (χ1n) is 5.57. The summed E-state index contributed by atoms with van der Waals surface area (Å²) in [7, 11) is 3.00. The number of carbonyl (C=O) groups excluding carboxylic acids is 1. The summed E-state index contributed by atoms with van der Waals surface area (Å²) < 4.78 is 9.82. The molecule has 0 saturated carbocycles. The molecule has 2 N–H and O–H groups in total. The van der Waals surface area contributed by atoms with E-state index in [4.69, 9.17) is 4.74 Å². The molecule has 100 valence electrons. The number of hydrogen-bond donors (Lipinski definition) is 2. The largest absolute Gasteiger partial charge is 0.468 e. The Morgan fingerprint density at radius 2 is 2.00 bits per heavy atom. The van der Waals surface area contributed by atoms with Crippen LogP contribution in [0.5, 0.6) is 6.01 Å². The lowest BCUT2D eigenvalue weighted by atomic mass is 10.5. The number of hydrogen-bond acceptors (Lipinski definition) is 8. The molecule has 0 aliphatic heterocycles. The summed E-state index contributed by atoms with van der Waals surface area (Å²) in [6, 6.07) is 0.212. The number of methoxy groups -OCH3 is 1. The zero-order valence-corrected chi connectivity index (χ0v) is 10.7. The minimum Gasteiger partial charge on any atom is -0.468 e. The normalized spacial score (nSPS) is 9.72. The van der Waals surface area contributed by atoms with Gasteiger partial charge in [0, 0.05) is 7.05 Å². The van der Waals surface area contributed by atoms with Gasteiger partial charge in [0.25, 0.3) is 0 Å². The van der Waals surface area contributed by atoms with E-state index in [1.165, 1.54) is 7.11 Å². The van der Waals surface area contributed by atoms with Gasteiger partial charge in [0.05, 0.1) is 13.7 Å². The second-order valence-corrected chi connectivity index (χ2v) is 3.29. The third kappa shape index (κ3) is 4.40. The summed E-state index contributed by atoms with van der Waals surface area (Å²) in [5.74, 6) is 0.215. The van der Waals surface area contributed by atoms with Crippen molar-refractivity contribution in [3.8, 4) is 6.01 Å². The van der Waals surface area contributed by atoms with E-state index in [0.29, 0.717) is 12.6 Å². The molecule has 1 rings (SSSR count). The Labute approximate surface area is 105 Å². The fourth-order valence-corrected chi connectivity index (χ4v) is 1.03. The van der Waals surface area contributed by atoms with E-state index >= 15 is 0 Å². The number of anilines is 2. The zero-order chi connectivity index (χ0) is 13.4. The van der Waals surface area contributed by atoms with Crippen LogP contribution in [-0.4, -0.2) is 48.2 Å². The summed E-state index contributed by atoms with van der Waals surface area (Å²) in [5.41, 5.74) is 0. The minimum atomic E-state index is -0.405. The molecule has 8 nitrogen and oxygen atoms in total. The van der Waals surface area contributed by atoms with Gasteiger partial charge in [-0.2, -0.15) is 15.0 Å². The van der Waals surface area contributed by atoms with E-state index in [2.05, 4.69) is 30.3 Å². The van der Waals surface area contributed by atoms with Crippen LogP contribution in [0.1, 0.15) is 13.3 Å². The molecule has 0 saturated heterocycles. The first-order valence-corrected chi connectivity index (χ1v) is 5.57. The van der Waals surface area contributed by atoms with E-state index in [9.17, 15) is 4.79 Å². The number of aromatic nitrogens is 3. The molecule has 0 radical (unpaired) electrons. The van der Waals surface area contributed by atoms with Gasteiger partial charge in [-0.15, -0.1) is 0 Å². The fourth-order valence-electron chi connectivity index (χ4n) is 1.03. The minimum absolute atomic E-state index is 0.0170. The highest BCUT2D eigenvalue weighted by Gasteiger charge is 2.08. The summed E-state index contributed by atoms with van der Waals surface area (Å²) in [6.07, 6.45) is 0.853. The molecule has 8 heteroatoms. The zero-order valence-electron chi connectivity index (χ0n) is 10.7. The lowest BCUT2D eigenvalue weighted by Crippen LogP contribution is -2.17. The highest BCUT2D eigenvalue weighted by atomic mass is 16.5. The monoisotopic (exact) mass is 255 g/mol. The van der Waals surface area contributed by atoms with Gasteiger partial charge < -0.3 is 20.1 Å². The summed E-state index contributed by atoms with van der Waals surface area (Å²) in [4.78, 5) is 23.1. The summed E-state index contributed by atoms with van der Waals surface area (Å²) in [5, 5.41) is 5.52. The Bertz CT molecular complexity index is 399. The molecular weight excluding hydrogens is 238 g/mol. The second-order valence-electron chi connectivity index (χ2n) is 3.29. The maximum Gasteiger partial charge on any atom is 0.325 e. The highest BCUT2D eigenvalue weighted by Crippen LogP contribution is 2.10. The molecule has 0 bridgehead atoms. The molecule has 1 heterocycles. The van der Waals surface area contributed by atoms with Crippen LogP contribution in [0.3, 0.4) is 0 Å². The van der Waals surface area contributed by atoms with E-state index in [0.717, 1.165) is 6.42 Å². The third-order valence-corrected chi connectivity index (χ3v) is 1.89. The van der Waals surface area contributed by atoms with Crippen molar-refractivity contribution in [3.63, 3.8) is 0 Å². The third-order valence-electron chi connectivity index (χ3n) is 1.89. The van der Waals surface area contributed by atoms with Crippen molar-refractivity contribution in [2.24, 2.45) is 0 Å². The van der Waals surface area contributed by atoms with Crippen molar-refractivity contribution in [2.75, 3.05) is 37.9 Å². The van der Waals surface area contributed by atoms with Gasteiger partial charge in [0.1, 0.15) is 6.54 Å². The average Bonchev–Trinajstić information content (AvgIpc) is 2.42. The summed E-state index contributed by atoms with van der Waals surface area (Å²) in [6.45, 7) is 2.48. The maximum atomic E-state index is 11.0. The lowest BCUT2D eigenvalue weighted by molar-refractivity contribution is -0.138. The van der Waals surface area contributed by atoms with Crippen LogP contribution in [0, 0.1) is 0 Å². The summed E-state index contributed by atoms with van der Waals surface area (Å²) >= 11 is 0. The van der Waals surface area contributed by atoms with Crippen molar-refractivity contribution < 1.29 is 14.3 Å². The van der Waals surface area contributed by atoms with E-state index in [-0.39, 0.29) is 18.5 Å². The molecule has 0 aromatic carbocycles. The Balaban J connectivity index is 2.73. The lowest BCUT2D eigenvalue weighted by Gasteiger charge is -2.08. The highest BCUT2D eigenvalue weighted by molar-refractivity contribution is 5.74. The number of carbonyl (C=O) groups is 1. The molecule has 1 aromatic heterocycles. The van der Waals surface area contributed by atoms with Gasteiger partial charge in [0.15, 0.2) is 0 Å². The first kappa shape index (κ1) is 13.9. The molecule has 1 aromatic rings. The Kier molecular flexibility index (Phi) is 5.62. The number of nitrogens with one attached hydrogen (secondary N) is 2. The van der Waals surface area contributed by atoms with Gasteiger partial charge in [0.2, 0.25) is 11.9 Å². The van der Waals surface area contributed by atoms with E-state index in [1.54, 1.807) is 7.05 Å². The first-order chi connectivity index (χ1) is 8.69. The molecular formula is C10H17N5O3. The van der Waals surface area contributed by atoms with Crippen LogP contribution >= 0.6 is 0 Å². The van der Waals surface area contributed by atoms with Gasteiger partial charge in [-0.05, 0) is 6.42 Å². The van der Waals surface area contributed by atoms with Crippen LogP contribution in [0.15, 0.2) is 0 Å². The van der Waals surface area contributed by atoms with Gasteiger partial charge in [-0.3, -0.25) is 4.79 Å². The van der Waals surface area contributed by atoms with Gasteiger partial charge in [-0.25, -0.2) is 0 Å². The molecule has 0 unspecified atom stereocenters. The van der Waals surface area contributed by atoms with E-state index < -0.39 is 5.97 Å². The Morgan fingerprint density at radius 1 is 1.28 bits per heavy atom. The molecule has 0 atom stereocenters. The standard InChI is InChI=1S/C10H17N5O3/c1-4-5-18-10-14-8(11-2)13-9(15-10)12-6-7(16)17-3/h4-6H2,1-3H3,(H2,11,12,13,14,15). The van der Waals surface area contributed by atoms with Crippen LogP contribution < -0.4 is 15.4 Å². The van der Waals surface area contributed by atoms with Crippen molar-refractivity contribution in [1.82, 2.24) is 15.0 Å². The predicted molar refractivity (Wildman–Crippen MR) is 65.7 cm³/mol. The van der Waals surface area contributed by atoms with Crippen LogP contribution in [0.2, 0.25) is 0 Å². The van der Waals surface area contributed by atoms with Gasteiger partial charge >= 0.3 is 12.0 Å². The van der Waals surface area contributed by atoms with Crippen molar-refractivity contribution in [1.29, 1.82) is 0 Å². The SMILES string of the molecule is CCCOc1nc(NC)nc(NCC(=O)OC)n1. The predicted octanol–water partition coefficient (Wildman–Crippen LogP) is 0.287.